The van der Waals surface area contributed by atoms with Crippen LogP contribution in [0.4, 0.5) is 0 Å². The topological polar surface area (TPSA) is 91.7 Å². The van der Waals surface area contributed by atoms with E-state index in [0.717, 1.165) is 66.5 Å². The zero-order chi connectivity index (χ0) is 26.6. The minimum absolute atomic E-state index is 0.468. The van der Waals surface area contributed by atoms with E-state index in [1.54, 1.807) is 0 Å². The first-order valence-electron chi connectivity index (χ1n) is 14.7. The van der Waals surface area contributed by atoms with Crippen LogP contribution in [0, 0.1) is 0 Å². The van der Waals surface area contributed by atoms with Gasteiger partial charge in [0, 0.05) is 12.8 Å². The van der Waals surface area contributed by atoms with Crippen LogP contribution in [0.5, 0.6) is 0 Å². The van der Waals surface area contributed by atoms with Gasteiger partial charge in [-0.25, -0.2) is 4.79 Å². The van der Waals surface area contributed by atoms with Gasteiger partial charge in [0.15, 0.2) is 0 Å². The molecule has 0 spiro atoms. The van der Waals surface area contributed by atoms with Gasteiger partial charge in [-0.3, -0.25) is 4.79 Å². The molecule has 0 aromatic heterocycles. The van der Waals surface area contributed by atoms with Crippen LogP contribution in [0.2, 0.25) is 0 Å². The van der Waals surface area contributed by atoms with Gasteiger partial charge >= 0.3 is 112 Å². The minimum atomic E-state index is -1.23. The summed E-state index contributed by atoms with van der Waals surface area (Å²) in [6.07, 6.45) is 27.2. The first kappa shape index (κ1) is 36.9. The summed E-state index contributed by atoms with van der Waals surface area (Å²) >= 11 is 0.731. The summed E-state index contributed by atoms with van der Waals surface area (Å²) in [5, 5.41) is 15.8. The SMILES string of the molecule is CC(O)C(=O)O.CCCCCCCCCCCC(=O)CCCCCCCCCCCCC[C](=O)[Na]. The molecule has 0 amide bonds. The third-order valence-electron chi connectivity index (χ3n) is 6.40. The Kier molecular flexibility index (Phi) is 31.6. The van der Waals surface area contributed by atoms with Crippen LogP contribution in [0.3, 0.4) is 0 Å². The first-order valence-corrected chi connectivity index (χ1v) is 15.7. The number of carbonyl (C=O) groups excluding carboxylic acids is 2. The Labute approximate surface area is 234 Å². The number of carbonyl (C=O) groups is 3. The van der Waals surface area contributed by atoms with Crippen molar-refractivity contribution in [3.05, 3.63) is 0 Å². The van der Waals surface area contributed by atoms with Crippen LogP contribution >= 0.6 is 0 Å². The Balaban J connectivity index is 0. The fraction of sp³-hybridized carbons (Fsp3) is 0.897. The molecule has 0 aromatic rings. The summed E-state index contributed by atoms with van der Waals surface area (Å²) in [6, 6.07) is 0. The van der Waals surface area contributed by atoms with Gasteiger partial charge in [0.25, 0.3) is 0 Å². The van der Waals surface area contributed by atoms with Crippen molar-refractivity contribution in [2.45, 2.75) is 168 Å². The van der Waals surface area contributed by atoms with Crippen molar-refractivity contribution in [2.24, 2.45) is 0 Å². The predicted molar refractivity (Wildman–Crippen MR) is 147 cm³/mol. The Hall–Kier alpha value is -0.230. The molecule has 0 heterocycles. The standard InChI is InChI=1S/C26H49O2.C3H6O3.Na/c1-2-3-4-5-6-11-14-17-20-23-26(28)24-21-18-15-12-9-7-8-10-13-16-19-22-25-27;1-2(4)3(5)6;/h2-24H2,1H3;2,4H,1H3,(H,5,6);. The molecular formula is C29H55NaO5. The Morgan fingerprint density at radius 2 is 0.829 bits per heavy atom. The number of carboxylic acids is 1. The number of carboxylic acid groups (broad SMARTS) is 1. The van der Waals surface area contributed by atoms with Crippen molar-refractivity contribution in [2.75, 3.05) is 0 Å². The molecule has 5 nitrogen and oxygen atoms in total. The molecule has 0 aliphatic rings. The number of aliphatic hydroxyl groups excluding tert-OH is 1. The third kappa shape index (κ3) is 36.0. The molecule has 1 atom stereocenters. The number of unbranched alkanes of at least 4 members (excludes halogenated alkanes) is 18. The summed E-state index contributed by atoms with van der Waals surface area (Å²) < 4.78 is 0.468. The van der Waals surface area contributed by atoms with Gasteiger partial charge < -0.3 is 10.2 Å². The van der Waals surface area contributed by atoms with Crippen molar-refractivity contribution in [3.8, 4) is 0 Å². The van der Waals surface area contributed by atoms with E-state index in [0.29, 0.717) is 8.82 Å². The molecule has 0 aliphatic heterocycles. The second-order valence-corrected chi connectivity index (χ2v) is 11.3. The fourth-order valence-corrected chi connectivity index (χ4v) is 4.40. The molecule has 2 N–H and O–H groups in total. The Morgan fingerprint density at radius 3 is 1.09 bits per heavy atom. The summed E-state index contributed by atoms with van der Waals surface area (Å²) in [4.78, 5) is 32.3. The van der Waals surface area contributed by atoms with Gasteiger partial charge in [-0.05, 0) is 19.8 Å². The quantitative estimate of drug-likeness (QED) is 0.0978. The molecule has 202 valence electrons. The summed E-state index contributed by atoms with van der Waals surface area (Å²) in [5.74, 6) is -0.685. The Bertz CT molecular complexity index is 493. The fourth-order valence-electron chi connectivity index (χ4n) is 4.04. The van der Waals surface area contributed by atoms with E-state index in [4.69, 9.17) is 10.2 Å². The van der Waals surface area contributed by atoms with Crippen molar-refractivity contribution in [1.29, 1.82) is 0 Å². The molecule has 0 saturated carbocycles. The van der Waals surface area contributed by atoms with E-state index < -0.39 is 12.1 Å². The molecule has 0 bridgehead atoms. The van der Waals surface area contributed by atoms with E-state index in [1.807, 2.05) is 0 Å². The number of hydrogen-bond acceptors (Lipinski definition) is 4. The number of Topliss-reactive ketones (excluding diaryl/α,β-unsaturated/α-hetero) is 1. The van der Waals surface area contributed by atoms with Crippen LogP contribution in [0.1, 0.15) is 162 Å². The molecular weight excluding hydrogens is 451 g/mol. The van der Waals surface area contributed by atoms with Crippen LogP contribution in [0.15, 0.2) is 0 Å². The van der Waals surface area contributed by atoms with Crippen LogP contribution in [-0.4, -0.2) is 59.0 Å². The molecule has 6 heteroatoms. The number of aliphatic hydroxyl groups is 1. The molecule has 0 radical (unpaired) electrons. The van der Waals surface area contributed by atoms with E-state index in [-0.39, 0.29) is 0 Å². The predicted octanol–water partition coefficient (Wildman–Crippen LogP) is 7.69. The second kappa shape index (κ2) is 30.0. The molecule has 0 aromatic carbocycles. The van der Waals surface area contributed by atoms with Crippen molar-refractivity contribution >= 4 is 42.7 Å². The van der Waals surface area contributed by atoms with Gasteiger partial charge in [0.2, 0.25) is 0 Å². The number of ketones is 1. The number of aliphatic carboxylic acids is 1. The summed E-state index contributed by atoms with van der Waals surface area (Å²) in [6.45, 7) is 3.46. The number of rotatable bonds is 25. The van der Waals surface area contributed by atoms with Gasteiger partial charge in [-0.2, -0.15) is 0 Å². The Morgan fingerprint density at radius 1 is 0.571 bits per heavy atom. The van der Waals surface area contributed by atoms with E-state index in [1.165, 1.54) is 116 Å². The molecule has 1 unspecified atom stereocenters. The van der Waals surface area contributed by atoms with Crippen LogP contribution in [-0.2, 0) is 14.4 Å². The maximum absolute atomic E-state index is 12.0. The average molecular weight is 507 g/mol. The zero-order valence-corrected chi connectivity index (χ0v) is 25.5. The zero-order valence-electron chi connectivity index (χ0n) is 23.5. The van der Waals surface area contributed by atoms with E-state index >= 15 is 0 Å². The average Bonchev–Trinajstić information content (AvgIpc) is 2.81. The van der Waals surface area contributed by atoms with Gasteiger partial charge in [-0.15, -0.1) is 0 Å². The maximum atomic E-state index is 12.0. The van der Waals surface area contributed by atoms with Crippen molar-refractivity contribution in [1.82, 2.24) is 0 Å². The van der Waals surface area contributed by atoms with Gasteiger partial charge in [-0.1, -0.05) is 58.3 Å². The third-order valence-corrected chi connectivity index (χ3v) is 6.90. The monoisotopic (exact) mass is 506 g/mol. The summed E-state index contributed by atoms with van der Waals surface area (Å²) in [5.41, 5.74) is 0. The molecule has 0 aliphatic carbocycles. The van der Waals surface area contributed by atoms with Crippen molar-refractivity contribution in [3.63, 3.8) is 0 Å². The van der Waals surface area contributed by atoms with E-state index in [9.17, 15) is 14.4 Å². The van der Waals surface area contributed by atoms with Crippen LogP contribution < -0.4 is 0 Å². The second-order valence-electron chi connectivity index (χ2n) is 10.2. The summed E-state index contributed by atoms with van der Waals surface area (Å²) in [7, 11) is 0. The normalized spacial score (nSPS) is 11.6. The van der Waals surface area contributed by atoms with E-state index in [2.05, 4.69) is 6.92 Å². The molecule has 0 fully saturated rings. The van der Waals surface area contributed by atoms with Crippen LogP contribution in [0.25, 0.3) is 0 Å². The first-order chi connectivity index (χ1) is 16.8. The molecule has 0 rings (SSSR count). The van der Waals surface area contributed by atoms with Gasteiger partial charge in [0.05, 0.1) is 0 Å². The molecule has 35 heavy (non-hydrogen) atoms. The number of hydrogen-bond donors (Lipinski definition) is 2. The van der Waals surface area contributed by atoms with Crippen molar-refractivity contribution < 1.29 is 24.6 Å². The molecule has 0 saturated heterocycles. The van der Waals surface area contributed by atoms with Gasteiger partial charge in [0.1, 0.15) is 11.9 Å².